The van der Waals surface area contributed by atoms with Gasteiger partial charge in [-0.3, -0.25) is 0 Å². The third kappa shape index (κ3) is 3.13. The lowest BCUT2D eigenvalue weighted by Crippen LogP contribution is -2.43. The number of anilines is 2. The van der Waals surface area contributed by atoms with Crippen LogP contribution in [0, 0.1) is 0 Å². The number of aromatic nitrogens is 3. The Bertz CT molecular complexity index is 1180. The van der Waals surface area contributed by atoms with Crippen LogP contribution < -0.4 is 20.7 Å². The number of nitrogens with zero attached hydrogens (tertiary/aromatic N) is 4. The molecular formula is C22H24N6O. The van der Waals surface area contributed by atoms with E-state index in [1.807, 2.05) is 18.2 Å². The Morgan fingerprint density at radius 1 is 1.10 bits per heavy atom. The monoisotopic (exact) mass is 388 g/mol. The predicted octanol–water partition coefficient (Wildman–Crippen LogP) is 2.47. The molecule has 4 aromatic rings. The van der Waals surface area contributed by atoms with E-state index in [0.29, 0.717) is 11.7 Å². The van der Waals surface area contributed by atoms with Gasteiger partial charge >= 0.3 is 0 Å². The van der Waals surface area contributed by atoms with Crippen LogP contribution in [0.15, 0.2) is 48.5 Å². The Labute approximate surface area is 169 Å². The number of benzene rings is 2. The Morgan fingerprint density at radius 3 is 2.76 bits per heavy atom. The molecule has 2 aromatic heterocycles. The first kappa shape index (κ1) is 17.8. The van der Waals surface area contributed by atoms with Gasteiger partial charge in [-0.1, -0.05) is 30.3 Å². The summed E-state index contributed by atoms with van der Waals surface area (Å²) < 4.78 is 7.19. The van der Waals surface area contributed by atoms with Gasteiger partial charge in [-0.15, -0.1) is 0 Å². The zero-order chi connectivity index (χ0) is 19.8. The molecule has 3 heterocycles. The lowest BCUT2D eigenvalue weighted by Gasteiger charge is -2.31. The molecule has 29 heavy (non-hydrogen) atoms. The Balaban J connectivity index is 1.57. The van der Waals surface area contributed by atoms with E-state index in [2.05, 4.69) is 45.5 Å². The summed E-state index contributed by atoms with van der Waals surface area (Å²) in [5.41, 5.74) is 11.4. The van der Waals surface area contributed by atoms with E-state index in [1.165, 1.54) is 11.3 Å². The van der Waals surface area contributed by atoms with Crippen molar-refractivity contribution in [3.05, 3.63) is 59.8 Å². The number of ether oxygens (including phenoxy) is 1. The molecule has 0 spiro atoms. The summed E-state index contributed by atoms with van der Waals surface area (Å²) >= 11 is 0. The highest BCUT2D eigenvalue weighted by atomic mass is 16.5. The van der Waals surface area contributed by atoms with Gasteiger partial charge in [0, 0.05) is 43.7 Å². The van der Waals surface area contributed by atoms with E-state index in [4.69, 9.17) is 15.6 Å². The summed E-state index contributed by atoms with van der Waals surface area (Å²) in [5.74, 6) is 1.07. The second kappa shape index (κ2) is 7.25. The van der Waals surface area contributed by atoms with Gasteiger partial charge in [0.15, 0.2) is 0 Å². The Hall–Kier alpha value is -3.32. The van der Waals surface area contributed by atoms with Crippen molar-refractivity contribution in [3.8, 4) is 5.75 Å². The van der Waals surface area contributed by atoms with E-state index >= 15 is 0 Å². The SMILES string of the molecule is COc1cccc2c1nc(N)n1nc(Cc3ccccc3N3CCNCC3)cc21. The smallest absolute Gasteiger partial charge is 0.222 e. The van der Waals surface area contributed by atoms with Crippen molar-refractivity contribution >= 4 is 28.1 Å². The van der Waals surface area contributed by atoms with Crippen molar-refractivity contribution in [1.82, 2.24) is 19.9 Å². The van der Waals surface area contributed by atoms with E-state index in [1.54, 1.807) is 11.6 Å². The fraction of sp³-hybridized carbons (Fsp3) is 0.273. The summed E-state index contributed by atoms with van der Waals surface area (Å²) in [6.45, 7) is 4.06. The summed E-state index contributed by atoms with van der Waals surface area (Å²) in [6.07, 6.45) is 0.743. The van der Waals surface area contributed by atoms with Crippen LogP contribution in [0.1, 0.15) is 11.3 Å². The van der Waals surface area contributed by atoms with Crippen LogP contribution in [-0.4, -0.2) is 47.9 Å². The molecule has 5 rings (SSSR count). The van der Waals surface area contributed by atoms with Gasteiger partial charge in [0.2, 0.25) is 5.95 Å². The van der Waals surface area contributed by atoms with Crippen molar-refractivity contribution in [1.29, 1.82) is 0 Å². The maximum Gasteiger partial charge on any atom is 0.222 e. The van der Waals surface area contributed by atoms with Gasteiger partial charge in [-0.25, -0.2) is 4.98 Å². The van der Waals surface area contributed by atoms with Crippen molar-refractivity contribution in [3.63, 3.8) is 0 Å². The van der Waals surface area contributed by atoms with Crippen LogP contribution in [0.4, 0.5) is 11.6 Å². The van der Waals surface area contributed by atoms with Gasteiger partial charge in [0.1, 0.15) is 11.3 Å². The summed E-state index contributed by atoms with van der Waals surface area (Å²) in [7, 11) is 1.64. The second-order valence-electron chi connectivity index (χ2n) is 7.30. The molecule has 0 aliphatic carbocycles. The molecule has 0 bridgehead atoms. The molecule has 7 nitrogen and oxygen atoms in total. The predicted molar refractivity (Wildman–Crippen MR) is 116 cm³/mol. The van der Waals surface area contributed by atoms with Crippen molar-refractivity contribution < 1.29 is 4.74 Å². The molecule has 0 unspecified atom stereocenters. The van der Waals surface area contributed by atoms with Crippen molar-refractivity contribution in [2.75, 3.05) is 43.9 Å². The van der Waals surface area contributed by atoms with Crippen LogP contribution in [-0.2, 0) is 6.42 Å². The highest BCUT2D eigenvalue weighted by Crippen LogP contribution is 2.30. The Kier molecular flexibility index (Phi) is 4.44. The zero-order valence-corrected chi connectivity index (χ0v) is 16.4. The molecule has 0 radical (unpaired) electrons. The number of piperazine rings is 1. The molecule has 2 aromatic carbocycles. The largest absolute Gasteiger partial charge is 0.494 e. The number of nitrogens with two attached hydrogens (primary N) is 1. The van der Waals surface area contributed by atoms with E-state index in [-0.39, 0.29) is 0 Å². The first-order chi connectivity index (χ1) is 14.2. The fourth-order valence-corrected chi connectivity index (χ4v) is 4.12. The number of para-hydroxylation sites is 2. The number of nitrogen functional groups attached to an aromatic ring is 1. The molecule has 7 heteroatoms. The van der Waals surface area contributed by atoms with Gasteiger partial charge in [0.25, 0.3) is 0 Å². The fourth-order valence-electron chi connectivity index (χ4n) is 4.12. The number of rotatable bonds is 4. The summed E-state index contributed by atoms with van der Waals surface area (Å²) in [4.78, 5) is 6.97. The molecule has 1 aliphatic rings. The van der Waals surface area contributed by atoms with Gasteiger partial charge in [0.05, 0.1) is 18.3 Å². The standard InChI is InChI=1S/C22H24N6O/c1-29-20-8-4-6-17-19-14-16(26-28(19)22(23)25-21(17)20)13-15-5-2-3-7-18(15)27-11-9-24-10-12-27/h2-8,14,24H,9-13H2,1H3,(H2,23,25). The van der Waals surface area contributed by atoms with Crippen molar-refractivity contribution in [2.24, 2.45) is 0 Å². The quantitative estimate of drug-likeness (QED) is 0.559. The minimum absolute atomic E-state index is 0.360. The maximum absolute atomic E-state index is 6.22. The average molecular weight is 388 g/mol. The van der Waals surface area contributed by atoms with Crippen LogP contribution in [0.2, 0.25) is 0 Å². The molecule has 1 aliphatic heterocycles. The van der Waals surface area contributed by atoms with Crippen LogP contribution in [0.25, 0.3) is 16.4 Å². The normalized spacial score (nSPS) is 14.6. The van der Waals surface area contributed by atoms with Crippen LogP contribution >= 0.6 is 0 Å². The average Bonchev–Trinajstić information content (AvgIpc) is 3.19. The number of nitrogens with one attached hydrogen (secondary N) is 1. The number of hydrogen-bond donors (Lipinski definition) is 2. The molecule has 148 valence electrons. The third-order valence-electron chi connectivity index (χ3n) is 5.52. The molecule has 0 atom stereocenters. The van der Waals surface area contributed by atoms with Crippen LogP contribution in [0.3, 0.4) is 0 Å². The topological polar surface area (TPSA) is 80.7 Å². The zero-order valence-electron chi connectivity index (χ0n) is 16.4. The second-order valence-corrected chi connectivity index (χ2v) is 7.30. The van der Waals surface area contributed by atoms with Gasteiger partial charge in [-0.05, 0) is 23.8 Å². The molecule has 1 fully saturated rings. The lowest BCUT2D eigenvalue weighted by molar-refractivity contribution is 0.419. The van der Waals surface area contributed by atoms with E-state index in [9.17, 15) is 0 Å². The third-order valence-corrected chi connectivity index (χ3v) is 5.52. The van der Waals surface area contributed by atoms with E-state index in [0.717, 1.165) is 54.7 Å². The van der Waals surface area contributed by atoms with Crippen molar-refractivity contribution in [2.45, 2.75) is 6.42 Å². The first-order valence-electron chi connectivity index (χ1n) is 9.89. The lowest BCUT2D eigenvalue weighted by atomic mass is 10.1. The van der Waals surface area contributed by atoms with E-state index < -0.39 is 0 Å². The Morgan fingerprint density at radius 2 is 1.93 bits per heavy atom. The minimum Gasteiger partial charge on any atom is -0.494 e. The molecule has 3 N–H and O–H groups in total. The highest BCUT2D eigenvalue weighted by molar-refractivity contribution is 5.97. The number of methoxy groups -OCH3 is 1. The molecule has 1 saturated heterocycles. The summed E-state index contributed by atoms with van der Waals surface area (Å²) in [6, 6.07) is 16.6. The van der Waals surface area contributed by atoms with Gasteiger partial charge in [-0.2, -0.15) is 9.61 Å². The highest BCUT2D eigenvalue weighted by Gasteiger charge is 2.17. The number of hydrogen-bond acceptors (Lipinski definition) is 6. The maximum atomic E-state index is 6.22. The van der Waals surface area contributed by atoms with Crippen LogP contribution in [0.5, 0.6) is 5.75 Å². The first-order valence-corrected chi connectivity index (χ1v) is 9.89. The van der Waals surface area contributed by atoms with Gasteiger partial charge < -0.3 is 20.7 Å². The summed E-state index contributed by atoms with van der Waals surface area (Å²) in [5, 5.41) is 9.15. The molecule has 0 amide bonds. The minimum atomic E-state index is 0.360. The number of fused-ring (bicyclic) bond motifs is 3. The molecule has 0 saturated carbocycles. The molecular weight excluding hydrogens is 364 g/mol.